The molecule has 0 bridgehead atoms. The lowest BCUT2D eigenvalue weighted by atomic mass is 9.88. The summed E-state index contributed by atoms with van der Waals surface area (Å²) in [5.41, 5.74) is 6.43. The molecule has 0 amide bonds. The number of hydrogen-bond donors (Lipinski definition) is 0. The van der Waals surface area contributed by atoms with E-state index in [0.717, 1.165) is 0 Å². The van der Waals surface area contributed by atoms with E-state index in [1.54, 1.807) is 0 Å². The maximum Gasteiger partial charge on any atom is -0.00964 e. The lowest BCUT2D eigenvalue weighted by Crippen LogP contribution is -1.90. The SMILES string of the molecule is Cc1cc(-c2cc3ccccc3c3ccccc23)ccc1-c1cc2ccccc2c2ccccc12. The van der Waals surface area contributed by atoms with Crippen molar-refractivity contribution in [3.63, 3.8) is 0 Å². The van der Waals surface area contributed by atoms with Crippen LogP contribution in [-0.2, 0) is 0 Å². The Labute approximate surface area is 205 Å². The van der Waals surface area contributed by atoms with Crippen molar-refractivity contribution in [2.24, 2.45) is 0 Å². The van der Waals surface area contributed by atoms with Crippen molar-refractivity contribution in [1.29, 1.82) is 0 Å². The van der Waals surface area contributed by atoms with Crippen LogP contribution < -0.4 is 0 Å². The molecule has 0 N–H and O–H groups in total. The molecular formula is C35H24. The number of fused-ring (bicyclic) bond motifs is 6. The minimum absolute atomic E-state index is 1.26. The molecule has 0 fully saturated rings. The van der Waals surface area contributed by atoms with Crippen LogP contribution in [0.4, 0.5) is 0 Å². The first-order valence-corrected chi connectivity index (χ1v) is 12.2. The van der Waals surface area contributed by atoms with E-state index in [1.165, 1.54) is 70.9 Å². The van der Waals surface area contributed by atoms with Crippen LogP contribution in [0.2, 0.25) is 0 Å². The zero-order valence-corrected chi connectivity index (χ0v) is 19.6. The summed E-state index contributed by atoms with van der Waals surface area (Å²) in [7, 11) is 0. The largest absolute Gasteiger partial charge is 0.0616 e. The van der Waals surface area contributed by atoms with Gasteiger partial charge in [0.1, 0.15) is 0 Å². The van der Waals surface area contributed by atoms with Gasteiger partial charge in [0.25, 0.3) is 0 Å². The third-order valence-electron chi connectivity index (χ3n) is 7.36. The highest BCUT2D eigenvalue weighted by Gasteiger charge is 2.13. The summed E-state index contributed by atoms with van der Waals surface area (Å²) in [6.07, 6.45) is 0. The summed E-state index contributed by atoms with van der Waals surface area (Å²) in [6.45, 7) is 2.24. The lowest BCUT2D eigenvalue weighted by molar-refractivity contribution is 1.47. The maximum absolute atomic E-state index is 2.36. The summed E-state index contributed by atoms with van der Waals surface area (Å²) in [6, 6.07) is 46.6. The summed E-state index contributed by atoms with van der Waals surface area (Å²) in [5.74, 6) is 0. The molecule has 0 nitrogen and oxygen atoms in total. The van der Waals surface area contributed by atoms with Crippen LogP contribution in [0.3, 0.4) is 0 Å². The van der Waals surface area contributed by atoms with Crippen molar-refractivity contribution in [2.45, 2.75) is 6.92 Å². The highest BCUT2D eigenvalue weighted by molar-refractivity contribution is 6.15. The Kier molecular flexibility index (Phi) is 4.47. The van der Waals surface area contributed by atoms with E-state index in [-0.39, 0.29) is 0 Å². The summed E-state index contributed by atoms with van der Waals surface area (Å²) >= 11 is 0. The van der Waals surface area contributed by atoms with Crippen molar-refractivity contribution < 1.29 is 0 Å². The van der Waals surface area contributed by atoms with Crippen molar-refractivity contribution in [3.05, 3.63) is 133 Å². The Hall–Kier alpha value is -4.42. The van der Waals surface area contributed by atoms with Gasteiger partial charge in [-0.1, -0.05) is 115 Å². The van der Waals surface area contributed by atoms with Gasteiger partial charge in [-0.25, -0.2) is 0 Å². The first-order chi connectivity index (χ1) is 17.3. The second kappa shape index (κ2) is 7.82. The Morgan fingerprint density at radius 2 is 0.800 bits per heavy atom. The molecule has 35 heavy (non-hydrogen) atoms. The van der Waals surface area contributed by atoms with Crippen LogP contribution in [0.15, 0.2) is 127 Å². The molecule has 0 aliphatic heterocycles. The highest BCUT2D eigenvalue weighted by atomic mass is 14.2. The maximum atomic E-state index is 2.36. The Morgan fingerprint density at radius 3 is 1.37 bits per heavy atom. The normalized spacial score (nSPS) is 11.6. The molecule has 7 aromatic carbocycles. The molecule has 0 radical (unpaired) electrons. The van der Waals surface area contributed by atoms with Crippen LogP contribution >= 0.6 is 0 Å². The monoisotopic (exact) mass is 444 g/mol. The molecule has 0 aromatic heterocycles. The minimum atomic E-state index is 1.26. The number of benzene rings is 7. The highest BCUT2D eigenvalue weighted by Crippen LogP contribution is 2.39. The second-order valence-corrected chi connectivity index (χ2v) is 9.41. The third kappa shape index (κ3) is 3.15. The van der Waals surface area contributed by atoms with E-state index in [0.29, 0.717) is 0 Å². The number of rotatable bonds is 2. The van der Waals surface area contributed by atoms with Gasteiger partial charge in [0.05, 0.1) is 0 Å². The van der Waals surface area contributed by atoms with Crippen molar-refractivity contribution >= 4 is 43.1 Å². The van der Waals surface area contributed by atoms with E-state index in [1.807, 2.05) is 0 Å². The summed E-state index contributed by atoms with van der Waals surface area (Å²) in [5, 5.41) is 10.4. The van der Waals surface area contributed by atoms with E-state index >= 15 is 0 Å². The predicted octanol–water partition coefficient (Wildman–Crippen LogP) is 9.94. The first kappa shape index (κ1) is 20.0. The minimum Gasteiger partial charge on any atom is -0.0616 e. The number of hydrogen-bond acceptors (Lipinski definition) is 0. The molecular weight excluding hydrogens is 420 g/mol. The zero-order chi connectivity index (χ0) is 23.4. The van der Waals surface area contributed by atoms with Crippen molar-refractivity contribution in [2.75, 3.05) is 0 Å². The van der Waals surface area contributed by atoms with Crippen LogP contribution in [0.25, 0.3) is 65.3 Å². The Bertz CT molecular complexity index is 1910. The molecule has 0 heterocycles. The van der Waals surface area contributed by atoms with Gasteiger partial charge < -0.3 is 0 Å². The van der Waals surface area contributed by atoms with Gasteiger partial charge in [-0.2, -0.15) is 0 Å². The van der Waals surface area contributed by atoms with Gasteiger partial charge in [0, 0.05) is 0 Å². The number of aryl methyl sites for hydroxylation is 1. The standard InChI is InChI=1S/C35H24/c1-23-20-26(34-21-24-10-2-4-12-28(24)30-14-6-8-16-32(30)34)18-19-27(23)35-22-25-11-3-5-13-29(25)31-15-7-9-17-33(31)35/h2-22H,1H3. The molecule has 0 heteroatoms. The molecule has 7 aromatic rings. The van der Waals surface area contributed by atoms with Crippen LogP contribution in [-0.4, -0.2) is 0 Å². The molecule has 0 aliphatic carbocycles. The molecule has 0 atom stereocenters. The van der Waals surface area contributed by atoms with Crippen molar-refractivity contribution in [1.82, 2.24) is 0 Å². The fourth-order valence-corrected chi connectivity index (χ4v) is 5.70. The lowest BCUT2D eigenvalue weighted by Gasteiger charge is -2.15. The average Bonchev–Trinajstić information content (AvgIpc) is 2.92. The topological polar surface area (TPSA) is 0 Å². The third-order valence-corrected chi connectivity index (χ3v) is 7.36. The molecule has 7 rings (SSSR count). The molecule has 0 spiro atoms. The molecule has 0 saturated heterocycles. The van der Waals surface area contributed by atoms with Gasteiger partial charge in [-0.05, 0) is 90.0 Å². The smallest absolute Gasteiger partial charge is 0.00964 e. The van der Waals surface area contributed by atoms with Crippen LogP contribution in [0.1, 0.15) is 5.56 Å². The van der Waals surface area contributed by atoms with E-state index in [2.05, 4.69) is 134 Å². The van der Waals surface area contributed by atoms with E-state index in [9.17, 15) is 0 Å². The van der Waals surface area contributed by atoms with Gasteiger partial charge >= 0.3 is 0 Å². The molecule has 164 valence electrons. The summed E-state index contributed by atoms with van der Waals surface area (Å²) < 4.78 is 0. The fourth-order valence-electron chi connectivity index (χ4n) is 5.70. The van der Waals surface area contributed by atoms with E-state index in [4.69, 9.17) is 0 Å². The van der Waals surface area contributed by atoms with Gasteiger partial charge in [-0.3, -0.25) is 0 Å². The van der Waals surface area contributed by atoms with Gasteiger partial charge in [0.2, 0.25) is 0 Å². The van der Waals surface area contributed by atoms with Crippen LogP contribution in [0, 0.1) is 6.92 Å². The van der Waals surface area contributed by atoms with Crippen LogP contribution in [0.5, 0.6) is 0 Å². The Morgan fingerprint density at radius 1 is 0.343 bits per heavy atom. The van der Waals surface area contributed by atoms with Gasteiger partial charge in [0.15, 0.2) is 0 Å². The summed E-state index contributed by atoms with van der Waals surface area (Å²) in [4.78, 5) is 0. The molecule has 0 unspecified atom stereocenters. The molecule has 0 saturated carbocycles. The van der Waals surface area contributed by atoms with E-state index < -0.39 is 0 Å². The zero-order valence-electron chi connectivity index (χ0n) is 19.6. The predicted molar refractivity (Wildman–Crippen MR) is 152 cm³/mol. The first-order valence-electron chi connectivity index (χ1n) is 12.2. The quantitative estimate of drug-likeness (QED) is 0.233. The average molecular weight is 445 g/mol. The Balaban J connectivity index is 1.46. The van der Waals surface area contributed by atoms with Gasteiger partial charge in [-0.15, -0.1) is 0 Å². The molecule has 0 aliphatic rings. The second-order valence-electron chi connectivity index (χ2n) is 9.41. The van der Waals surface area contributed by atoms with Crippen molar-refractivity contribution in [3.8, 4) is 22.3 Å². The fraction of sp³-hybridized carbons (Fsp3) is 0.0286.